The van der Waals surface area contributed by atoms with Crippen molar-refractivity contribution in [3.8, 4) is 11.5 Å². The fourth-order valence-electron chi connectivity index (χ4n) is 3.73. The second-order valence-electron chi connectivity index (χ2n) is 6.92. The lowest BCUT2D eigenvalue weighted by Crippen LogP contribution is -2.40. The molecule has 1 atom stereocenters. The van der Waals surface area contributed by atoms with Crippen LogP contribution in [0.15, 0.2) is 30.6 Å². The van der Waals surface area contributed by atoms with Gasteiger partial charge < -0.3 is 24.7 Å². The number of nitrogens with two attached hydrogens (primary N) is 1. The fourth-order valence-corrected chi connectivity index (χ4v) is 3.73. The minimum Gasteiger partial charge on any atom is -0.454 e. The number of primary amides is 1. The zero-order valence-electron chi connectivity index (χ0n) is 15.0. The van der Waals surface area contributed by atoms with Gasteiger partial charge in [0.25, 0.3) is 0 Å². The highest BCUT2D eigenvalue weighted by molar-refractivity contribution is 5.79. The number of carbonyl (C=O) groups excluding carboxylic acids is 2. The number of fused-ring (bicyclic) bond motifs is 1. The molecule has 1 saturated heterocycles. The summed E-state index contributed by atoms with van der Waals surface area (Å²) >= 11 is 0. The Morgan fingerprint density at radius 3 is 2.96 bits per heavy atom. The highest BCUT2D eigenvalue weighted by Gasteiger charge is 2.28. The minimum atomic E-state index is -0.402. The average Bonchev–Trinajstić information content (AvgIpc) is 3.30. The van der Waals surface area contributed by atoms with Gasteiger partial charge in [0.15, 0.2) is 11.5 Å². The van der Waals surface area contributed by atoms with Gasteiger partial charge in [-0.05, 0) is 30.5 Å². The molecular formula is C19H22N4O4. The van der Waals surface area contributed by atoms with Gasteiger partial charge in [0.2, 0.25) is 18.6 Å². The summed E-state index contributed by atoms with van der Waals surface area (Å²) in [6, 6.07) is 5.60. The predicted molar refractivity (Wildman–Crippen MR) is 96.2 cm³/mol. The quantitative estimate of drug-likeness (QED) is 0.848. The first-order valence-corrected chi connectivity index (χ1v) is 9.06. The lowest BCUT2D eigenvalue weighted by molar-refractivity contribution is -0.131. The van der Waals surface area contributed by atoms with Crippen molar-refractivity contribution >= 4 is 11.8 Å². The number of nitrogens with zero attached hydrogens (tertiary/aromatic N) is 3. The molecule has 4 rings (SSSR count). The van der Waals surface area contributed by atoms with Crippen LogP contribution >= 0.6 is 0 Å². The molecular weight excluding hydrogens is 348 g/mol. The van der Waals surface area contributed by atoms with Crippen molar-refractivity contribution in [3.63, 3.8) is 0 Å². The zero-order valence-corrected chi connectivity index (χ0v) is 15.0. The molecule has 2 aromatic rings. The van der Waals surface area contributed by atoms with Crippen LogP contribution in [0.1, 0.15) is 30.1 Å². The number of benzene rings is 1. The van der Waals surface area contributed by atoms with Crippen molar-refractivity contribution in [2.24, 2.45) is 5.73 Å². The number of hydrogen-bond acceptors (Lipinski definition) is 5. The van der Waals surface area contributed by atoms with Crippen molar-refractivity contribution in [1.29, 1.82) is 0 Å². The van der Waals surface area contributed by atoms with Gasteiger partial charge in [0.05, 0.1) is 6.42 Å². The zero-order chi connectivity index (χ0) is 18.8. The van der Waals surface area contributed by atoms with E-state index in [1.807, 2.05) is 23.1 Å². The van der Waals surface area contributed by atoms with Crippen LogP contribution in [0.5, 0.6) is 11.5 Å². The molecule has 0 bridgehead atoms. The minimum absolute atomic E-state index is 0.0755. The van der Waals surface area contributed by atoms with Gasteiger partial charge in [0, 0.05) is 31.4 Å². The Labute approximate surface area is 156 Å². The molecule has 2 aliphatic rings. The topological polar surface area (TPSA) is 99.7 Å². The van der Waals surface area contributed by atoms with Crippen molar-refractivity contribution in [2.75, 3.05) is 19.9 Å². The smallest absolute Gasteiger partial charge is 0.237 e. The molecule has 2 aliphatic heterocycles. The number of imidazole rings is 1. The molecule has 0 aliphatic carbocycles. The van der Waals surface area contributed by atoms with E-state index in [2.05, 4.69) is 4.98 Å². The number of rotatable bonds is 5. The SMILES string of the molecule is NC(=O)Cn1ccnc1[C@@H]1CCCN(C(=O)Cc2ccc3c(c2)OCO3)C1. The van der Waals surface area contributed by atoms with E-state index in [0.29, 0.717) is 24.5 Å². The molecule has 2 N–H and O–H groups in total. The number of ether oxygens (including phenoxy) is 2. The van der Waals surface area contributed by atoms with Crippen LogP contribution in [0.25, 0.3) is 0 Å². The average molecular weight is 370 g/mol. The Morgan fingerprint density at radius 2 is 2.11 bits per heavy atom. The van der Waals surface area contributed by atoms with Crippen molar-refractivity contribution < 1.29 is 19.1 Å². The maximum absolute atomic E-state index is 12.8. The summed E-state index contributed by atoms with van der Waals surface area (Å²) in [6.45, 7) is 1.66. The lowest BCUT2D eigenvalue weighted by atomic mass is 9.96. The first kappa shape index (κ1) is 17.4. The van der Waals surface area contributed by atoms with Crippen LogP contribution in [0, 0.1) is 0 Å². The monoisotopic (exact) mass is 370 g/mol. The van der Waals surface area contributed by atoms with E-state index < -0.39 is 5.91 Å². The highest BCUT2D eigenvalue weighted by Crippen LogP contribution is 2.33. The summed E-state index contributed by atoms with van der Waals surface area (Å²) < 4.78 is 12.5. The first-order chi connectivity index (χ1) is 13.1. The molecule has 0 unspecified atom stereocenters. The Morgan fingerprint density at radius 1 is 1.26 bits per heavy atom. The molecule has 0 radical (unpaired) electrons. The van der Waals surface area contributed by atoms with Crippen LogP contribution in [0.2, 0.25) is 0 Å². The summed E-state index contributed by atoms with van der Waals surface area (Å²) in [7, 11) is 0. The first-order valence-electron chi connectivity index (χ1n) is 9.06. The van der Waals surface area contributed by atoms with E-state index in [4.69, 9.17) is 15.2 Å². The fraction of sp³-hybridized carbons (Fsp3) is 0.421. The molecule has 1 fully saturated rings. The van der Waals surface area contributed by atoms with Crippen LogP contribution in [-0.4, -0.2) is 46.1 Å². The van der Waals surface area contributed by atoms with E-state index in [-0.39, 0.29) is 25.2 Å². The molecule has 142 valence electrons. The second-order valence-corrected chi connectivity index (χ2v) is 6.92. The van der Waals surface area contributed by atoms with E-state index in [0.717, 1.165) is 30.8 Å². The molecule has 1 aromatic carbocycles. The maximum atomic E-state index is 12.8. The van der Waals surface area contributed by atoms with E-state index in [1.165, 1.54) is 0 Å². The van der Waals surface area contributed by atoms with Crippen molar-refractivity contribution in [1.82, 2.24) is 14.5 Å². The Balaban J connectivity index is 1.43. The Kier molecular flexibility index (Phi) is 4.70. The highest BCUT2D eigenvalue weighted by atomic mass is 16.7. The summed E-state index contributed by atoms with van der Waals surface area (Å²) in [4.78, 5) is 30.3. The third-order valence-corrected chi connectivity index (χ3v) is 5.01. The number of amides is 2. The van der Waals surface area contributed by atoms with Gasteiger partial charge in [-0.15, -0.1) is 0 Å². The predicted octanol–water partition coefficient (Wildman–Crippen LogP) is 1.05. The molecule has 1 aromatic heterocycles. The van der Waals surface area contributed by atoms with Crippen molar-refractivity contribution in [2.45, 2.75) is 31.7 Å². The molecule has 0 spiro atoms. The van der Waals surface area contributed by atoms with Gasteiger partial charge >= 0.3 is 0 Å². The number of likely N-dealkylation sites (tertiary alicyclic amines) is 1. The third-order valence-electron chi connectivity index (χ3n) is 5.01. The lowest BCUT2D eigenvalue weighted by Gasteiger charge is -2.32. The van der Waals surface area contributed by atoms with Crippen molar-refractivity contribution in [3.05, 3.63) is 42.0 Å². The molecule has 8 heteroatoms. The Hall–Kier alpha value is -3.03. The molecule has 0 saturated carbocycles. The van der Waals surface area contributed by atoms with E-state index >= 15 is 0 Å². The van der Waals surface area contributed by atoms with Gasteiger partial charge in [0.1, 0.15) is 12.4 Å². The van der Waals surface area contributed by atoms with Gasteiger partial charge in [-0.1, -0.05) is 6.07 Å². The maximum Gasteiger partial charge on any atom is 0.237 e. The van der Waals surface area contributed by atoms with Gasteiger partial charge in [-0.3, -0.25) is 9.59 Å². The summed E-state index contributed by atoms with van der Waals surface area (Å²) in [5, 5.41) is 0. The van der Waals surface area contributed by atoms with E-state index in [1.54, 1.807) is 17.0 Å². The standard InChI is InChI=1S/C19H22N4O4/c20-17(24)11-23-7-5-21-19(23)14-2-1-6-22(10-14)18(25)9-13-3-4-15-16(8-13)27-12-26-15/h3-5,7-8,14H,1-2,6,9-12H2,(H2,20,24)/t14-/m1/s1. The molecule has 27 heavy (non-hydrogen) atoms. The van der Waals surface area contributed by atoms with Crippen LogP contribution in [0.3, 0.4) is 0 Å². The molecule has 8 nitrogen and oxygen atoms in total. The largest absolute Gasteiger partial charge is 0.454 e. The van der Waals surface area contributed by atoms with E-state index in [9.17, 15) is 9.59 Å². The second kappa shape index (κ2) is 7.30. The number of piperidine rings is 1. The van der Waals surface area contributed by atoms with Crippen LogP contribution < -0.4 is 15.2 Å². The number of hydrogen-bond donors (Lipinski definition) is 1. The van der Waals surface area contributed by atoms with Crippen LogP contribution in [-0.2, 0) is 22.6 Å². The summed E-state index contributed by atoms with van der Waals surface area (Å²) in [5.41, 5.74) is 6.22. The number of aromatic nitrogens is 2. The molecule has 3 heterocycles. The normalized spacial score (nSPS) is 18.5. The summed E-state index contributed by atoms with van der Waals surface area (Å²) in [5.74, 6) is 1.99. The Bertz CT molecular complexity index is 863. The van der Waals surface area contributed by atoms with Crippen LogP contribution in [0.4, 0.5) is 0 Å². The summed E-state index contributed by atoms with van der Waals surface area (Å²) in [6.07, 6.45) is 5.59. The molecule has 2 amide bonds. The van der Waals surface area contributed by atoms with Gasteiger partial charge in [-0.25, -0.2) is 4.98 Å². The third kappa shape index (κ3) is 3.74. The number of carbonyl (C=O) groups is 2. The van der Waals surface area contributed by atoms with Gasteiger partial charge in [-0.2, -0.15) is 0 Å².